The fourth-order valence-corrected chi connectivity index (χ4v) is 3.11. The van der Waals surface area contributed by atoms with Gasteiger partial charge in [0.25, 0.3) is 0 Å². The van der Waals surface area contributed by atoms with Crippen LogP contribution in [0.25, 0.3) is 11.4 Å². The van der Waals surface area contributed by atoms with Crippen molar-refractivity contribution in [3.05, 3.63) is 52.3 Å². The first-order valence-corrected chi connectivity index (χ1v) is 9.16. The number of nitrogens with zero attached hydrogens (tertiary/aromatic N) is 5. The van der Waals surface area contributed by atoms with E-state index in [2.05, 4.69) is 15.4 Å². The van der Waals surface area contributed by atoms with Gasteiger partial charge < -0.3 is 9.30 Å². The SMILES string of the molecule is CCn1c(C)cc(C(=O)COC(=O)Cn2nnc(-c3ccc(Cl)cc3)n2)c1C. The Kier molecular flexibility index (Phi) is 5.89. The summed E-state index contributed by atoms with van der Waals surface area (Å²) in [5, 5.41) is 12.5. The number of ketones is 1. The molecule has 3 rings (SSSR count). The highest BCUT2D eigenvalue weighted by molar-refractivity contribution is 6.30. The third-order valence-electron chi connectivity index (χ3n) is 4.38. The second-order valence-corrected chi connectivity index (χ2v) is 6.70. The molecule has 0 unspecified atom stereocenters. The Balaban J connectivity index is 1.57. The number of aromatic nitrogens is 5. The van der Waals surface area contributed by atoms with Gasteiger partial charge in [-0.2, -0.15) is 4.80 Å². The first-order chi connectivity index (χ1) is 13.4. The van der Waals surface area contributed by atoms with Gasteiger partial charge in [-0.3, -0.25) is 4.79 Å². The average molecular weight is 402 g/mol. The molecule has 2 aromatic heterocycles. The fourth-order valence-electron chi connectivity index (χ4n) is 2.98. The number of ether oxygens (including phenoxy) is 1. The molecule has 0 radical (unpaired) electrons. The van der Waals surface area contributed by atoms with Crippen LogP contribution in [0, 0.1) is 13.8 Å². The fraction of sp³-hybridized carbons (Fsp3) is 0.316. The van der Waals surface area contributed by atoms with Crippen LogP contribution in [0.15, 0.2) is 30.3 Å². The molecule has 2 heterocycles. The number of rotatable bonds is 7. The molecular formula is C19H20ClN5O3. The molecule has 0 saturated carbocycles. The van der Waals surface area contributed by atoms with Crippen molar-refractivity contribution < 1.29 is 14.3 Å². The summed E-state index contributed by atoms with van der Waals surface area (Å²) in [7, 11) is 0. The number of carbonyl (C=O) groups excluding carboxylic acids is 2. The zero-order valence-corrected chi connectivity index (χ0v) is 16.6. The molecule has 0 atom stereocenters. The van der Waals surface area contributed by atoms with Crippen LogP contribution in [-0.4, -0.2) is 43.1 Å². The van der Waals surface area contributed by atoms with E-state index in [1.54, 1.807) is 24.3 Å². The van der Waals surface area contributed by atoms with E-state index in [0.29, 0.717) is 16.4 Å². The number of hydrogen-bond donors (Lipinski definition) is 0. The van der Waals surface area contributed by atoms with Crippen LogP contribution in [0.3, 0.4) is 0 Å². The monoisotopic (exact) mass is 401 g/mol. The van der Waals surface area contributed by atoms with Crippen LogP contribution in [-0.2, 0) is 22.6 Å². The molecule has 0 spiro atoms. The lowest BCUT2D eigenvalue weighted by molar-refractivity contribution is -0.143. The number of halogens is 1. The molecule has 0 N–H and O–H groups in total. The largest absolute Gasteiger partial charge is 0.456 e. The molecule has 0 aliphatic heterocycles. The van der Waals surface area contributed by atoms with Crippen molar-refractivity contribution in [2.24, 2.45) is 0 Å². The van der Waals surface area contributed by atoms with E-state index in [1.807, 2.05) is 31.4 Å². The summed E-state index contributed by atoms with van der Waals surface area (Å²) in [6, 6.07) is 8.76. The summed E-state index contributed by atoms with van der Waals surface area (Å²) >= 11 is 5.85. The predicted molar refractivity (Wildman–Crippen MR) is 103 cm³/mol. The summed E-state index contributed by atoms with van der Waals surface area (Å²) in [5.41, 5.74) is 3.16. The zero-order valence-electron chi connectivity index (χ0n) is 15.8. The number of benzene rings is 1. The molecule has 146 valence electrons. The number of Topliss-reactive ketones (excluding diaryl/α,β-unsaturated/α-hetero) is 1. The number of hydrogen-bond acceptors (Lipinski definition) is 6. The van der Waals surface area contributed by atoms with E-state index in [1.165, 1.54) is 0 Å². The predicted octanol–water partition coefficient (Wildman–Crippen LogP) is 2.86. The summed E-state index contributed by atoms with van der Waals surface area (Å²) < 4.78 is 7.12. The van der Waals surface area contributed by atoms with Crippen molar-refractivity contribution in [2.45, 2.75) is 33.9 Å². The summed E-state index contributed by atoms with van der Waals surface area (Å²) in [6.07, 6.45) is 0. The van der Waals surface area contributed by atoms with E-state index in [9.17, 15) is 9.59 Å². The van der Waals surface area contributed by atoms with Crippen LogP contribution < -0.4 is 0 Å². The minimum atomic E-state index is -0.613. The van der Waals surface area contributed by atoms with E-state index in [4.69, 9.17) is 16.3 Å². The standard InChI is InChI=1S/C19H20ClN5O3/c1-4-24-12(2)9-16(13(24)3)17(26)11-28-18(27)10-25-22-19(21-23-25)14-5-7-15(20)8-6-14/h5-9H,4,10-11H2,1-3H3. The van der Waals surface area contributed by atoms with Gasteiger partial charge in [-0.1, -0.05) is 11.6 Å². The van der Waals surface area contributed by atoms with Gasteiger partial charge in [0.05, 0.1) is 0 Å². The van der Waals surface area contributed by atoms with Crippen LogP contribution in [0.5, 0.6) is 0 Å². The molecule has 0 aliphatic carbocycles. The topological polar surface area (TPSA) is 91.9 Å². The molecule has 8 nitrogen and oxygen atoms in total. The zero-order chi connectivity index (χ0) is 20.3. The number of esters is 1. The van der Waals surface area contributed by atoms with Crippen LogP contribution in [0.2, 0.25) is 5.02 Å². The third-order valence-corrected chi connectivity index (χ3v) is 4.63. The minimum absolute atomic E-state index is 0.234. The maximum Gasteiger partial charge on any atom is 0.330 e. The van der Waals surface area contributed by atoms with Crippen molar-refractivity contribution in [1.82, 2.24) is 24.8 Å². The van der Waals surface area contributed by atoms with Gasteiger partial charge in [0, 0.05) is 34.1 Å². The van der Waals surface area contributed by atoms with Crippen LogP contribution >= 0.6 is 11.6 Å². The summed E-state index contributed by atoms with van der Waals surface area (Å²) in [5.74, 6) is -0.486. The maximum absolute atomic E-state index is 12.4. The Labute approximate surface area is 167 Å². The van der Waals surface area contributed by atoms with Crippen LogP contribution in [0.4, 0.5) is 0 Å². The average Bonchev–Trinajstić information content (AvgIpc) is 3.24. The van der Waals surface area contributed by atoms with E-state index in [-0.39, 0.29) is 18.9 Å². The third kappa shape index (κ3) is 4.28. The van der Waals surface area contributed by atoms with Crippen molar-refractivity contribution in [3.8, 4) is 11.4 Å². The van der Waals surface area contributed by atoms with Gasteiger partial charge in [0.15, 0.2) is 13.2 Å². The highest BCUT2D eigenvalue weighted by atomic mass is 35.5. The van der Waals surface area contributed by atoms with E-state index in [0.717, 1.165) is 28.3 Å². The minimum Gasteiger partial charge on any atom is -0.456 e. The van der Waals surface area contributed by atoms with Crippen molar-refractivity contribution >= 4 is 23.4 Å². The van der Waals surface area contributed by atoms with Crippen molar-refractivity contribution in [2.75, 3.05) is 6.61 Å². The molecule has 0 saturated heterocycles. The molecule has 0 bridgehead atoms. The Morgan fingerprint density at radius 1 is 1.18 bits per heavy atom. The van der Waals surface area contributed by atoms with E-state index >= 15 is 0 Å². The smallest absolute Gasteiger partial charge is 0.330 e. The van der Waals surface area contributed by atoms with Gasteiger partial charge >= 0.3 is 5.97 Å². The highest BCUT2D eigenvalue weighted by Gasteiger charge is 2.17. The van der Waals surface area contributed by atoms with E-state index < -0.39 is 5.97 Å². The van der Waals surface area contributed by atoms with Crippen LogP contribution in [0.1, 0.15) is 28.7 Å². The molecule has 0 amide bonds. The molecule has 1 aromatic carbocycles. The van der Waals surface area contributed by atoms with Gasteiger partial charge in [-0.25, -0.2) is 4.79 Å². The molecule has 9 heteroatoms. The maximum atomic E-state index is 12.4. The lowest BCUT2D eigenvalue weighted by atomic mass is 10.1. The van der Waals surface area contributed by atoms with Crippen molar-refractivity contribution in [1.29, 1.82) is 0 Å². The normalized spacial score (nSPS) is 10.9. The number of carbonyl (C=O) groups is 2. The highest BCUT2D eigenvalue weighted by Crippen LogP contribution is 2.17. The Hall–Kier alpha value is -3.00. The second kappa shape index (κ2) is 8.35. The lowest BCUT2D eigenvalue weighted by Crippen LogP contribution is -2.20. The molecule has 0 aliphatic rings. The lowest BCUT2D eigenvalue weighted by Gasteiger charge is -2.06. The molecule has 3 aromatic rings. The van der Waals surface area contributed by atoms with Gasteiger partial charge in [-0.15, -0.1) is 10.2 Å². The second-order valence-electron chi connectivity index (χ2n) is 6.26. The summed E-state index contributed by atoms with van der Waals surface area (Å²) in [6.45, 7) is 6.04. The Bertz CT molecular complexity index is 1010. The molecule has 28 heavy (non-hydrogen) atoms. The first kappa shape index (κ1) is 19.8. The first-order valence-electron chi connectivity index (χ1n) is 8.78. The van der Waals surface area contributed by atoms with Crippen molar-refractivity contribution in [3.63, 3.8) is 0 Å². The Morgan fingerprint density at radius 2 is 1.89 bits per heavy atom. The quantitative estimate of drug-likeness (QED) is 0.446. The number of aryl methyl sites for hydroxylation is 1. The van der Waals surface area contributed by atoms with Gasteiger partial charge in [0.1, 0.15) is 0 Å². The van der Waals surface area contributed by atoms with Gasteiger partial charge in [-0.05, 0) is 56.3 Å². The number of tetrazole rings is 1. The molecular weight excluding hydrogens is 382 g/mol. The molecule has 0 fully saturated rings. The van der Waals surface area contributed by atoms with Gasteiger partial charge in [0.2, 0.25) is 11.6 Å². The summed E-state index contributed by atoms with van der Waals surface area (Å²) in [4.78, 5) is 25.5. The Morgan fingerprint density at radius 3 is 2.54 bits per heavy atom.